The summed E-state index contributed by atoms with van der Waals surface area (Å²) in [7, 11) is 0. The summed E-state index contributed by atoms with van der Waals surface area (Å²) in [5.41, 5.74) is 3.57. The highest BCUT2D eigenvalue weighted by atomic mass is 35.5. The van der Waals surface area contributed by atoms with Gasteiger partial charge in [0.05, 0.1) is 11.6 Å². The van der Waals surface area contributed by atoms with Crippen LogP contribution in [-0.2, 0) is 18.8 Å². The van der Waals surface area contributed by atoms with Crippen LogP contribution in [0.1, 0.15) is 16.8 Å². The second kappa shape index (κ2) is 4.41. The summed E-state index contributed by atoms with van der Waals surface area (Å²) in [6.07, 6.45) is 2.66. The molecule has 1 aromatic carbocycles. The van der Waals surface area contributed by atoms with E-state index in [-0.39, 0.29) is 0 Å². The third-order valence-corrected chi connectivity index (χ3v) is 3.35. The molecule has 1 aliphatic rings. The van der Waals surface area contributed by atoms with E-state index in [1.807, 2.05) is 0 Å². The molecule has 3 rings (SSSR count). The first-order valence-electron chi connectivity index (χ1n) is 5.69. The molecule has 0 amide bonds. The first-order chi connectivity index (χ1) is 8.36. The number of hydrogen-bond donors (Lipinski definition) is 0. The predicted molar refractivity (Wildman–Crippen MR) is 67.3 cm³/mol. The first-order valence-corrected chi connectivity index (χ1v) is 6.22. The minimum absolute atomic E-state index is 0.397. The first kappa shape index (κ1) is 10.7. The highest BCUT2D eigenvalue weighted by Gasteiger charge is 2.19. The maximum Gasteiger partial charge on any atom is 0.297 e. The van der Waals surface area contributed by atoms with Crippen molar-refractivity contribution in [3.05, 3.63) is 47.3 Å². The minimum atomic E-state index is 0.397. The van der Waals surface area contributed by atoms with Gasteiger partial charge in [0.2, 0.25) is 0 Å². The van der Waals surface area contributed by atoms with E-state index in [0.29, 0.717) is 11.9 Å². The third-order valence-electron chi connectivity index (χ3n) is 3.08. The fourth-order valence-corrected chi connectivity index (χ4v) is 2.28. The maximum absolute atomic E-state index is 5.72. The van der Waals surface area contributed by atoms with Gasteiger partial charge in [0.25, 0.3) is 6.01 Å². The van der Waals surface area contributed by atoms with Crippen molar-refractivity contribution in [2.75, 3.05) is 11.4 Å². The standard InChI is InChI=1S/C13H13ClN2O/c14-7-12-9-17-13(15-12)16-6-5-10-3-1-2-4-11(10)8-16/h1-4,9H,5-8H2. The lowest BCUT2D eigenvalue weighted by molar-refractivity contribution is 0.524. The summed E-state index contributed by atoms with van der Waals surface area (Å²) in [6.45, 7) is 1.80. The van der Waals surface area contributed by atoms with Gasteiger partial charge < -0.3 is 9.32 Å². The van der Waals surface area contributed by atoms with Crippen LogP contribution in [0.5, 0.6) is 0 Å². The zero-order chi connectivity index (χ0) is 11.7. The van der Waals surface area contributed by atoms with Crippen LogP contribution in [0.25, 0.3) is 0 Å². The van der Waals surface area contributed by atoms with Gasteiger partial charge in [-0.1, -0.05) is 24.3 Å². The monoisotopic (exact) mass is 248 g/mol. The molecule has 2 heterocycles. The molecule has 1 aliphatic heterocycles. The van der Waals surface area contributed by atoms with Gasteiger partial charge in [-0.3, -0.25) is 0 Å². The molecule has 0 spiro atoms. The molecule has 3 nitrogen and oxygen atoms in total. The quantitative estimate of drug-likeness (QED) is 0.766. The van der Waals surface area contributed by atoms with Crippen molar-refractivity contribution in [2.24, 2.45) is 0 Å². The van der Waals surface area contributed by atoms with Crippen molar-refractivity contribution in [1.29, 1.82) is 0 Å². The van der Waals surface area contributed by atoms with Crippen LogP contribution >= 0.6 is 11.6 Å². The number of alkyl halides is 1. The highest BCUT2D eigenvalue weighted by molar-refractivity contribution is 6.16. The van der Waals surface area contributed by atoms with E-state index < -0.39 is 0 Å². The summed E-state index contributed by atoms with van der Waals surface area (Å²) in [4.78, 5) is 6.50. The van der Waals surface area contributed by atoms with Crippen LogP contribution in [0, 0.1) is 0 Å². The SMILES string of the molecule is ClCc1coc(N2CCc3ccccc3C2)n1. The molecule has 0 N–H and O–H groups in total. The lowest BCUT2D eigenvalue weighted by atomic mass is 10.0. The molecule has 0 aliphatic carbocycles. The maximum atomic E-state index is 5.72. The number of rotatable bonds is 2. The third kappa shape index (κ3) is 2.03. The minimum Gasteiger partial charge on any atom is -0.432 e. The molecular formula is C13H13ClN2O. The number of fused-ring (bicyclic) bond motifs is 1. The second-order valence-electron chi connectivity index (χ2n) is 4.20. The predicted octanol–water partition coefficient (Wildman–Crippen LogP) is 2.98. The largest absolute Gasteiger partial charge is 0.432 e. The smallest absolute Gasteiger partial charge is 0.297 e. The van der Waals surface area contributed by atoms with Gasteiger partial charge in [-0.15, -0.1) is 11.6 Å². The summed E-state index contributed by atoms with van der Waals surface area (Å²) in [5, 5.41) is 0. The molecule has 4 heteroatoms. The Kier molecular flexibility index (Phi) is 2.77. The van der Waals surface area contributed by atoms with Gasteiger partial charge in [0, 0.05) is 13.1 Å². The summed E-state index contributed by atoms with van der Waals surface area (Å²) in [5.74, 6) is 0.397. The van der Waals surface area contributed by atoms with E-state index in [4.69, 9.17) is 16.0 Å². The van der Waals surface area contributed by atoms with Crippen molar-refractivity contribution in [3.8, 4) is 0 Å². The fourth-order valence-electron chi connectivity index (χ4n) is 2.16. The Labute approximate surface area is 105 Å². The lowest BCUT2D eigenvalue weighted by Gasteiger charge is -2.27. The number of aromatic nitrogens is 1. The fraction of sp³-hybridized carbons (Fsp3) is 0.308. The normalized spacial score (nSPS) is 14.8. The van der Waals surface area contributed by atoms with E-state index in [9.17, 15) is 0 Å². The number of anilines is 1. The molecule has 0 saturated carbocycles. The zero-order valence-electron chi connectivity index (χ0n) is 9.40. The molecule has 0 unspecified atom stereocenters. The van der Waals surface area contributed by atoms with Crippen molar-refractivity contribution >= 4 is 17.6 Å². The molecule has 2 aromatic rings. The van der Waals surface area contributed by atoms with E-state index in [2.05, 4.69) is 34.1 Å². The Morgan fingerprint density at radius 2 is 2.12 bits per heavy atom. The Morgan fingerprint density at radius 1 is 1.29 bits per heavy atom. The topological polar surface area (TPSA) is 29.3 Å². The lowest BCUT2D eigenvalue weighted by Crippen LogP contribution is -2.30. The van der Waals surface area contributed by atoms with E-state index in [1.54, 1.807) is 6.26 Å². The van der Waals surface area contributed by atoms with Gasteiger partial charge in [0.1, 0.15) is 6.26 Å². The van der Waals surface area contributed by atoms with Gasteiger partial charge in [-0.2, -0.15) is 4.98 Å². The Bertz CT molecular complexity index is 524. The van der Waals surface area contributed by atoms with Crippen LogP contribution in [0.15, 0.2) is 34.9 Å². The van der Waals surface area contributed by atoms with Crippen LogP contribution in [0.2, 0.25) is 0 Å². The number of nitrogens with zero attached hydrogens (tertiary/aromatic N) is 2. The summed E-state index contributed by atoms with van der Waals surface area (Å²) in [6, 6.07) is 9.18. The molecule has 0 saturated heterocycles. The molecule has 17 heavy (non-hydrogen) atoms. The molecule has 0 radical (unpaired) electrons. The number of benzene rings is 1. The molecule has 1 aromatic heterocycles. The van der Waals surface area contributed by atoms with E-state index in [0.717, 1.165) is 25.2 Å². The summed E-state index contributed by atoms with van der Waals surface area (Å²) >= 11 is 5.72. The Morgan fingerprint density at radius 3 is 2.88 bits per heavy atom. The average Bonchev–Trinajstić information content (AvgIpc) is 2.87. The van der Waals surface area contributed by atoms with Crippen LogP contribution < -0.4 is 4.90 Å². The number of hydrogen-bond acceptors (Lipinski definition) is 3. The number of halogens is 1. The highest BCUT2D eigenvalue weighted by Crippen LogP contribution is 2.23. The molecule has 0 bridgehead atoms. The van der Waals surface area contributed by atoms with Crippen LogP contribution in [0.3, 0.4) is 0 Å². The van der Waals surface area contributed by atoms with Gasteiger partial charge in [-0.05, 0) is 17.5 Å². The molecular weight excluding hydrogens is 236 g/mol. The van der Waals surface area contributed by atoms with E-state index in [1.165, 1.54) is 11.1 Å². The Hall–Kier alpha value is -1.48. The van der Waals surface area contributed by atoms with Gasteiger partial charge in [0.15, 0.2) is 0 Å². The van der Waals surface area contributed by atoms with Crippen molar-refractivity contribution in [1.82, 2.24) is 4.98 Å². The van der Waals surface area contributed by atoms with Crippen molar-refractivity contribution in [2.45, 2.75) is 18.8 Å². The molecule has 0 fully saturated rings. The van der Waals surface area contributed by atoms with Gasteiger partial charge >= 0.3 is 0 Å². The zero-order valence-corrected chi connectivity index (χ0v) is 10.2. The average molecular weight is 249 g/mol. The van der Waals surface area contributed by atoms with Crippen LogP contribution in [0.4, 0.5) is 6.01 Å². The summed E-state index contributed by atoms with van der Waals surface area (Å²) < 4.78 is 5.44. The van der Waals surface area contributed by atoms with Gasteiger partial charge in [-0.25, -0.2) is 0 Å². The van der Waals surface area contributed by atoms with Crippen molar-refractivity contribution in [3.63, 3.8) is 0 Å². The second-order valence-corrected chi connectivity index (χ2v) is 4.46. The van der Waals surface area contributed by atoms with Crippen molar-refractivity contribution < 1.29 is 4.42 Å². The Balaban J connectivity index is 1.84. The number of oxazole rings is 1. The van der Waals surface area contributed by atoms with Crippen LogP contribution in [-0.4, -0.2) is 11.5 Å². The molecule has 0 atom stereocenters. The molecule has 88 valence electrons. The van der Waals surface area contributed by atoms with E-state index >= 15 is 0 Å².